The maximum absolute atomic E-state index is 11.7. The van der Waals surface area contributed by atoms with Gasteiger partial charge in [-0.05, 0) is 18.1 Å². The number of aliphatic hydroxyl groups excluding tert-OH is 1. The van der Waals surface area contributed by atoms with Gasteiger partial charge in [-0.25, -0.2) is 8.42 Å². The number of rotatable bonds is 0. The van der Waals surface area contributed by atoms with E-state index < -0.39 is 16.4 Å². The molecular formula is C9H10N2O3S. The summed E-state index contributed by atoms with van der Waals surface area (Å²) in [6.45, 7) is 0.649. The predicted molar refractivity (Wildman–Crippen MR) is 53.8 cm³/mol. The van der Waals surface area contributed by atoms with Gasteiger partial charge in [0.25, 0.3) is 0 Å². The minimum absolute atomic E-state index is 0.266. The highest BCUT2D eigenvalue weighted by Crippen LogP contribution is 2.37. The van der Waals surface area contributed by atoms with E-state index in [1.807, 2.05) is 6.07 Å². The van der Waals surface area contributed by atoms with Crippen molar-refractivity contribution in [2.24, 2.45) is 0 Å². The Kier molecular flexibility index (Phi) is 1.66. The van der Waals surface area contributed by atoms with E-state index in [9.17, 15) is 13.5 Å². The molecule has 3 rings (SSSR count). The van der Waals surface area contributed by atoms with Crippen LogP contribution in [-0.4, -0.2) is 26.4 Å². The number of nitrogens with one attached hydrogen (secondary N) is 1. The normalized spacial score (nSPS) is 26.5. The Balaban J connectivity index is 2.34. The Morgan fingerprint density at radius 3 is 3.07 bits per heavy atom. The summed E-state index contributed by atoms with van der Waals surface area (Å²) < 4.78 is 25.6. The molecule has 2 aliphatic heterocycles. The molecule has 1 aromatic carbocycles. The monoisotopic (exact) mass is 226 g/mol. The van der Waals surface area contributed by atoms with Gasteiger partial charge in [-0.15, -0.1) is 0 Å². The lowest BCUT2D eigenvalue weighted by atomic mass is 10.2. The fourth-order valence-electron chi connectivity index (χ4n) is 2.18. The van der Waals surface area contributed by atoms with E-state index in [1.165, 1.54) is 0 Å². The highest BCUT2D eigenvalue weighted by molar-refractivity contribution is 7.89. The van der Waals surface area contributed by atoms with E-state index in [2.05, 4.69) is 4.72 Å². The molecule has 2 N–H and O–H groups in total. The molecule has 0 amide bonds. The molecular weight excluding hydrogens is 216 g/mol. The molecule has 0 aromatic heterocycles. The first-order chi connectivity index (χ1) is 7.09. The average Bonchev–Trinajstić information content (AvgIpc) is 2.58. The molecule has 1 unspecified atom stereocenters. The van der Waals surface area contributed by atoms with Gasteiger partial charge in [0.05, 0.1) is 5.69 Å². The summed E-state index contributed by atoms with van der Waals surface area (Å²) in [7, 11) is -3.55. The Morgan fingerprint density at radius 2 is 2.27 bits per heavy atom. The van der Waals surface area contributed by atoms with Crippen LogP contribution in [0.25, 0.3) is 0 Å². The summed E-state index contributed by atoms with van der Waals surface area (Å²) in [5.41, 5.74) is 1.64. The van der Waals surface area contributed by atoms with Crippen LogP contribution in [0.3, 0.4) is 0 Å². The first kappa shape index (κ1) is 9.14. The van der Waals surface area contributed by atoms with E-state index >= 15 is 0 Å². The van der Waals surface area contributed by atoms with Crippen molar-refractivity contribution >= 4 is 15.7 Å². The summed E-state index contributed by atoms with van der Waals surface area (Å²) in [6, 6.07) is 5.19. The standard InChI is InChI=1S/C9H10N2O3S/c12-9-10-15(13,14)7-3-1-2-6-4-5-11(9)8(6)7/h1-3,9-10,12H,4-5H2. The highest BCUT2D eigenvalue weighted by atomic mass is 32.2. The molecule has 1 atom stereocenters. The van der Waals surface area contributed by atoms with Crippen LogP contribution in [0.2, 0.25) is 0 Å². The molecule has 0 saturated heterocycles. The number of para-hydroxylation sites is 1. The number of sulfonamides is 1. The van der Waals surface area contributed by atoms with Crippen LogP contribution in [0.15, 0.2) is 23.1 Å². The van der Waals surface area contributed by atoms with Gasteiger partial charge in [-0.2, -0.15) is 4.72 Å². The van der Waals surface area contributed by atoms with Gasteiger partial charge in [0.2, 0.25) is 10.0 Å². The van der Waals surface area contributed by atoms with E-state index in [-0.39, 0.29) is 4.90 Å². The number of hydrogen-bond acceptors (Lipinski definition) is 4. The lowest BCUT2D eigenvalue weighted by Gasteiger charge is -2.32. The Morgan fingerprint density at radius 1 is 1.47 bits per heavy atom. The van der Waals surface area contributed by atoms with Crippen molar-refractivity contribution in [3.8, 4) is 0 Å². The molecule has 0 fully saturated rings. The third kappa shape index (κ3) is 1.12. The van der Waals surface area contributed by atoms with Gasteiger partial charge in [-0.1, -0.05) is 12.1 Å². The van der Waals surface area contributed by atoms with Gasteiger partial charge in [0.15, 0.2) is 6.35 Å². The van der Waals surface area contributed by atoms with Gasteiger partial charge in [0, 0.05) is 6.54 Å². The Labute approximate surface area is 87.4 Å². The van der Waals surface area contributed by atoms with Crippen LogP contribution >= 0.6 is 0 Å². The zero-order chi connectivity index (χ0) is 10.6. The van der Waals surface area contributed by atoms with Crippen molar-refractivity contribution in [3.05, 3.63) is 23.8 Å². The molecule has 0 aliphatic carbocycles. The second-order valence-corrected chi connectivity index (χ2v) is 5.38. The van der Waals surface area contributed by atoms with Crippen LogP contribution < -0.4 is 9.62 Å². The average molecular weight is 226 g/mol. The largest absolute Gasteiger partial charge is 0.360 e. The fourth-order valence-corrected chi connectivity index (χ4v) is 3.47. The van der Waals surface area contributed by atoms with Crippen LogP contribution in [0, 0.1) is 0 Å². The van der Waals surface area contributed by atoms with E-state index in [1.54, 1.807) is 17.0 Å². The third-order valence-corrected chi connectivity index (χ3v) is 4.27. The summed E-state index contributed by atoms with van der Waals surface area (Å²) in [5, 5.41) is 9.62. The van der Waals surface area contributed by atoms with Gasteiger partial charge in [0.1, 0.15) is 4.90 Å². The Bertz CT molecular complexity index is 526. The van der Waals surface area contributed by atoms with Crippen molar-refractivity contribution in [1.82, 2.24) is 4.72 Å². The van der Waals surface area contributed by atoms with Crippen molar-refractivity contribution in [1.29, 1.82) is 0 Å². The molecule has 5 nitrogen and oxygen atoms in total. The second-order valence-electron chi connectivity index (χ2n) is 3.70. The number of benzene rings is 1. The van der Waals surface area contributed by atoms with E-state index in [4.69, 9.17) is 0 Å². The minimum Gasteiger partial charge on any atom is -0.360 e. The SMILES string of the molecule is O=S1(=O)NC(O)N2CCc3cccc1c32. The maximum Gasteiger partial charge on any atom is 0.246 e. The predicted octanol–water partition coefficient (Wildman–Crippen LogP) is -0.383. The van der Waals surface area contributed by atoms with Gasteiger partial charge < -0.3 is 10.0 Å². The zero-order valence-corrected chi connectivity index (χ0v) is 8.66. The maximum atomic E-state index is 11.7. The summed E-state index contributed by atoms with van der Waals surface area (Å²) >= 11 is 0. The van der Waals surface area contributed by atoms with Gasteiger partial charge in [-0.3, -0.25) is 0 Å². The van der Waals surface area contributed by atoms with Crippen molar-refractivity contribution in [2.75, 3.05) is 11.4 Å². The fraction of sp³-hybridized carbons (Fsp3) is 0.333. The van der Waals surface area contributed by atoms with Crippen LogP contribution in [0.4, 0.5) is 5.69 Å². The smallest absolute Gasteiger partial charge is 0.246 e. The van der Waals surface area contributed by atoms with Crippen molar-refractivity contribution < 1.29 is 13.5 Å². The second kappa shape index (κ2) is 2.72. The molecule has 2 heterocycles. The van der Waals surface area contributed by atoms with Crippen LogP contribution in [-0.2, 0) is 16.4 Å². The molecule has 0 radical (unpaired) electrons. The topological polar surface area (TPSA) is 69.6 Å². The third-order valence-electron chi connectivity index (χ3n) is 2.84. The summed E-state index contributed by atoms with van der Waals surface area (Å²) in [4.78, 5) is 1.94. The molecule has 0 bridgehead atoms. The van der Waals surface area contributed by atoms with Crippen molar-refractivity contribution in [2.45, 2.75) is 17.7 Å². The molecule has 15 heavy (non-hydrogen) atoms. The lowest BCUT2D eigenvalue weighted by molar-refractivity contribution is 0.156. The summed E-state index contributed by atoms with van der Waals surface area (Å²) in [5.74, 6) is 0. The van der Waals surface area contributed by atoms with Crippen LogP contribution in [0.5, 0.6) is 0 Å². The molecule has 6 heteroatoms. The highest BCUT2D eigenvalue weighted by Gasteiger charge is 2.38. The van der Waals surface area contributed by atoms with E-state index in [0.29, 0.717) is 12.2 Å². The number of aliphatic hydroxyl groups is 1. The van der Waals surface area contributed by atoms with Crippen molar-refractivity contribution in [3.63, 3.8) is 0 Å². The molecule has 2 aliphatic rings. The first-order valence-corrected chi connectivity index (χ1v) is 6.17. The number of nitrogens with zero attached hydrogens (tertiary/aromatic N) is 1. The van der Waals surface area contributed by atoms with E-state index in [0.717, 1.165) is 12.0 Å². The summed E-state index contributed by atoms with van der Waals surface area (Å²) in [6.07, 6.45) is -0.358. The molecule has 0 spiro atoms. The zero-order valence-electron chi connectivity index (χ0n) is 7.84. The lowest BCUT2D eigenvalue weighted by Crippen LogP contribution is -2.51. The molecule has 80 valence electrons. The molecule has 0 saturated carbocycles. The first-order valence-electron chi connectivity index (χ1n) is 4.68. The Hall–Kier alpha value is -1.11. The minimum atomic E-state index is -3.55. The number of hydrogen-bond donors (Lipinski definition) is 2. The molecule has 1 aromatic rings. The quantitative estimate of drug-likeness (QED) is 0.632. The number of anilines is 1. The van der Waals surface area contributed by atoms with Gasteiger partial charge >= 0.3 is 0 Å². The van der Waals surface area contributed by atoms with Crippen LogP contribution in [0.1, 0.15) is 5.56 Å².